The molecule has 0 aliphatic carbocycles. The van der Waals surface area contributed by atoms with Crippen molar-refractivity contribution in [2.45, 2.75) is 44.9 Å². The fourth-order valence-electron chi connectivity index (χ4n) is 2.90. The van der Waals surface area contributed by atoms with Gasteiger partial charge in [-0.2, -0.15) is 4.98 Å². The van der Waals surface area contributed by atoms with E-state index in [1.807, 2.05) is 19.1 Å². The molecule has 1 N–H and O–H groups in total. The van der Waals surface area contributed by atoms with Crippen LogP contribution in [0.2, 0.25) is 0 Å². The van der Waals surface area contributed by atoms with Gasteiger partial charge in [-0.1, -0.05) is 12.1 Å². The third-order valence-electron chi connectivity index (χ3n) is 4.03. The van der Waals surface area contributed by atoms with Gasteiger partial charge in [0, 0.05) is 13.0 Å². The summed E-state index contributed by atoms with van der Waals surface area (Å²) in [6.07, 6.45) is 3.86. The molecule has 1 saturated heterocycles. The van der Waals surface area contributed by atoms with E-state index >= 15 is 0 Å². The Labute approximate surface area is 135 Å². The number of rotatable bonds is 8. The zero-order chi connectivity index (χ0) is 16.1. The number of aliphatic hydroxyl groups excluding tert-OH is 1. The Kier molecular flexibility index (Phi) is 5.43. The summed E-state index contributed by atoms with van der Waals surface area (Å²) in [5.41, 5.74) is 0. The number of aromatic nitrogens is 2. The summed E-state index contributed by atoms with van der Waals surface area (Å²) in [4.78, 5) is 6.62. The molecule has 1 aliphatic rings. The third-order valence-corrected chi connectivity index (χ3v) is 4.03. The van der Waals surface area contributed by atoms with E-state index in [2.05, 4.69) is 15.0 Å². The van der Waals surface area contributed by atoms with Crippen molar-refractivity contribution in [2.24, 2.45) is 0 Å². The van der Waals surface area contributed by atoms with Crippen molar-refractivity contribution in [1.29, 1.82) is 0 Å². The summed E-state index contributed by atoms with van der Waals surface area (Å²) in [6, 6.07) is 3.79. The quantitative estimate of drug-likeness (QED) is 0.795. The van der Waals surface area contributed by atoms with Crippen LogP contribution >= 0.6 is 0 Å². The molecule has 7 nitrogen and oxygen atoms in total. The number of furan rings is 1. The molecule has 126 valence electrons. The van der Waals surface area contributed by atoms with Crippen LogP contribution in [0.5, 0.6) is 0 Å². The van der Waals surface area contributed by atoms with Crippen LogP contribution in [0.15, 0.2) is 27.3 Å². The van der Waals surface area contributed by atoms with E-state index in [0.29, 0.717) is 19.0 Å². The molecular formula is C16H23N3O4. The van der Waals surface area contributed by atoms with E-state index in [0.717, 1.165) is 37.4 Å². The number of β-amino-alcohol motifs (C(OH)–C–C–N with tert-alkyl or cyclic N) is 1. The van der Waals surface area contributed by atoms with E-state index in [4.69, 9.17) is 13.7 Å². The number of aryl methyl sites for hydroxylation is 1. The first kappa shape index (κ1) is 16.2. The molecule has 2 atom stereocenters. The van der Waals surface area contributed by atoms with Gasteiger partial charge in [0.05, 0.1) is 25.0 Å². The molecule has 2 aromatic heterocycles. The molecule has 23 heavy (non-hydrogen) atoms. The molecule has 0 radical (unpaired) electrons. The normalized spacial score (nSPS) is 20.2. The van der Waals surface area contributed by atoms with Crippen molar-refractivity contribution in [3.05, 3.63) is 35.9 Å². The highest BCUT2D eigenvalue weighted by molar-refractivity contribution is 4.99. The first-order chi connectivity index (χ1) is 11.3. The van der Waals surface area contributed by atoms with E-state index in [-0.39, 0.29) is 12.6 Å². The van der Waals surface area contributed by atoms with Crippen molar-refractivity contribution < 1.29 is 18.8 Å². The molecule has 2 aromatic rings. The predicted molar refractivity (Wildman–Crippen MR) is 81.6 cm³/mol. The first-order valence-electron chi connectivity index (χ1n) is 8.11. The average Bonchev–Trinajstić information content (AvgIpc) is 3.28. The van der Waals surface area contributed by atoms with Gasteiger partial charge in [-0.05, 0) is 31.5 Å². The Bertz CT molecular complexity index is 584. The van der Waals surface area contributed by atoms with Crippen LogP contribution in [-0.4, -0.2) is 45.9 Å². The zero-order valence-corrected chi connectivity index (χ0v) is 13.4. The van der Waals surface area contributed by atoms with Gasteiger partial charge in [-0.15, -0.1) is 0 Å². The molecule has 3 heterocycles. The maximum atomic E-state index is 10.2. The van der Waals surface area contributed by atoms with E-state index < -0.39 is 6.10 Å². The minimum atomic E-state index is -0.553. The molecular weight excluding hydrogens is 298 g/mol. The highest BCUT2D eigenvalue weighted by atomic mass is 16.5. The van der Waals surface area contributed by atoms with Crippen LogP contribution in [0.1, 0.15) is 43.3 Å². The summed E-state index contributed by atoms with van der Waals surface area (Å²) in [5.74, 6) is 2.15. The van der Waals surface area contributed by atoms with Crippen LogP contribution in [0.25, 0.3) is 0 Å². The van der Waals surface area contributed by atoms with Crippen molar-refractivity contribution in [3.8, 4) is 0 Å². The molecule has 7 heteroatoms. The largest absolute Gasteiger partial charge is 0.467 e. The molecule has 0 spiro atoms. The maximum absolute atomic E-state index is 10.2. The van der Waals surface area contributed by atoms with Crippen molar-refractivity contribution in [3.63, 3.8) is 0 Å². The topological polar surface area (TPSA) is 84.8 Å². The fraction of sp³-hybridized carbons (Fsp3) is 0.625. The molecule has 0 aromatic carbocycles. The Balaban J connectivity index is 1.47. The molecule has 0 bridgehead atoms. The minimum Gasteiger partial charge on any atom is -0.467 e. The van der Waals surface area contributed by atoms with E-state index in [1.165, 1.54) is 0 Å². The highest BCUT2D eigenvalue weighted by Gasteiger charge is 2.31. The van der Waals surface area contributed by atoms with Crippen molar-refractivity contribution >= 4 is 0 Å². The van der Waals surface area contributed by atoms with Gasteiger partial charge in [-0.25, -0.2) is 0 Å². The molecule has 1 fully saturated rings. The Morgan fingerprint density at radius 2 is 2.43 bits per heavy atom. The van der Waals surface area contributed by atoms with Gasteiger partial charge in [0.15, 0.2) is 5.82 Å². The van der Waals surface area contributed by atoms with Crippen LogP contribution in [0, 0.1) is 0 Å². The first-order valence-corrected chi connectivity index (χ1v) is 8.11. The summed E-state index contributed by atoms with van der Waals surface area (Å²) < 4.78 is 15.9. The lowest BCUT2D eigenvalue weighted by Gasteiger charge is -2.24. The molecule has 2 unspecified atom stereocenters. The molecule has 0 amide bonds. The van der Waals surface area contributed by atoms with Gasteiger partial charge >= 0.3 is 0 Å². The number of aliphatic hydroxyl groups is 1. The lowest BCUT2D eigenvalue weighted by molar-refractivity contribution is 0.00252. The smallest absolute Gasteiger partial charge is 0.226 e. The van der Waals surface area contributed by atoms with E-state index in [9.17, 15) is 5.11 Å². The van der Waals surface area contributed by atoms with Gasteiger partial charge < -0.3 is 18.8 Å². The zero-order valence-electron chi connectivity index (χ0n) is 13.4. The Hall–Kier alpha value is -1.70. The average molecular weight is 321 g/mol. The number of likely N-dealkylation sites (tertiary alicyclic amines) is 1. The second-order valence-electron chi connectivity index (χ2n) is 5.80. The number of nitrogens with zero attached hydrogens (tertiary/aromatic N) is 3. The van der Waals surface area contributed by atoms with Crippen LogP contribution in [0.4, 0.5) is 0 Å². The Morgan fingerprint density at radius 3 is 3.17 bits per heavy atom. The van der Waals surface area contributed by atoms with Gasteiger partial charge in [0.2, 0.25) is 5.89 Å². The van der Waals surface area contributed by atoms with Crippen LogP contribution in [-0.2, 0) is 17.8 Å². The summed E-state index contributed by atoms with van der Waals surface area (Å²) >= 11 is 0. The minimum absolute atomic E-state index is 0.124. The standard InChI is InChI=1S/C16H23N3O4/c1-2-15-17-16(18-23-15)14-6-3-7-19(14)9-12(20)10-21-11-13-5-4-8-22-13/h4-5,8,12,14,20H,2-3,6-7,9-11H2,1H3. The Morgan fingerprint density at radius 1 is 1.52 bits per heavy atom. The number of hydrogen-bond acceptors (Lipinski definition) is 7. The van der Waals surface area contributed by atoms with Gasteiger partial charge in [0.25, 0.3) is 0 Å². The van der Waals surface area contributed by atoms with Gasteiger partial charge in [-0.3, -0.25) is 4.90 Å². The molecule has 1 aliphatic heterocycles. The molecule has 0 saturated carbocycles. The summed E-state index contributed by atoms with van der Waals surface area (Å²) in [5, 5.41) is 14.3. The van der Waals surface area contributed by atoms with E-state index in [1.54, 1.807) is 6.26 Å². The number of hydrogen-bond donors (Lipinski definition) is 1. The number of ether oxygens (including phenoxy) is 1. The highest BCUT2D eigenvalue weighted by Crippen LogP contribution is 2.30. The second-order valence-corrected chi connectivity index (χ2v) is 5.80. The van der Waals surface area contributed by atoms with Gasteiger partial charge in [0.1, 0.15) is 12.4 Å². The predicted octanol–water partition coefficient (Wildman–Crippen LogP) is 1.94. The van der Waals surface area contributed by atoms with Crippen molar-refractivity contribution in [2.75, 3.05) is 19.7 Å². The third kappa shape index (κ3) is 4.19. The SMILES string of the molecule is CCc1nc(C2CCCN2CC(O)COCc2ccco2)no1. The monoisotopic (exact) mass is 321 g/mol. The van der Waals surface area contributed by atoms with Crippen LogP contribution in [0.3, 0.4) is 0 Å². The summed E-state index contributed by atoms with van der Waals surface area (Å²) in [7, 11) is 0. The lowest BCUT2D eigenvalue weighted by atomic mass is 10.2. The molecule has 3 rings (SSSR count). The maximum Gasteiger partial charge on any atom is 0.226 e. The van der Waals surface area contributed by atoms with Crippen molar-refractivity contribution in [1.82, 2.24) is 15.0 Å². The van der Waals surface area contributed by atoms with Crippen LogP contribution < -0.4 is 0 Å². The summed E-state index contributed by atoms with van der Waals surface area (Å²) in [6.45, 7) is 4.10. The lowest BCUT2D eigenvalue weighted by Crippen LogP contribution is -2.35. The second kappa shape index (κ2) is 7.72. The fourth-order valence-corrected chi connectivity index (χ4v) is 2.90.